The van der Waals surface area contributed by atoms with E-state index in [9.17, 15) is 10.1 Å². The van der Waals surface area contributed by atoms with Crippen molar-refractivity contribution >= 4 is 6.08 Å². The molecule has 1 aliphatic rings. The predicted molar refractivity (Wildman–Crippen MR) is 83.5 cm³/mol. The zero-order chi connectivity index (χ0) is 14.7. The molecule has 2 aromatic carbocycles. The van der Waals surface area contributed by atoms with Gasteiger partial charge in [0.1, 0.15) is 0 Å². The van der Waals surface area contributed by atoms with Gasteiger partial charge < -0.3 is 0 Å². The lowest BCUT2D eigenvalue weighted by Gasteiger charge is -2.02. The van der Waals surface area contributed by atoms with Crippen molar-refractivity contribution in [2.24, 2.45) is 0 Å². The van der Waals surface area contributed by atoms with E-state index in [-0.39, 0.29) is 10.6 Å². The van der Waals surface area contributed by atoms with Crippen LogP contribution in [0.2, 0.25) is 0 Å². The fourth-order valence-corrected chi connectivity index (χ4v) is 2.49. The Morgan fingerprint density at radius 3 is 2.57 bits per heavy atom. The Labute approximate surface area is 124 Å². The van der Waals surface area contributed by atoms with Crippen molar-refractivity contribution in [3.63, 3.8) is 0 Å². The second kappa shape index (κ2) is 5.92. The number of hydrogen-bond donors (Lipinski definition) is 0. The normalized spacial score (nSPS) is 15.0. The maximum atomic E-state index is 11.3. The molecular weight excluding hydrogens is 262 g/mol. The molecule has 21 heavy (non-hydrogen) atoms. The van der Waals surface area contributed by atoms with Gasteiger partial charge in [0.15, 0.2) is 0 Å². The van der Waals surface area contributed by atoms with Gasteiger partial charge in [0.2, 0.25) is 0 Å². The van der Waals surface area contributed by atoms with Crippen LogP contribution in [-0.4, -0.2) is 4.92 Å². The van der Waals surface area contributed by atoms with E-state index in [0.717, 1.165) is 11.1 Å². The number of hydrogen-bond acceptors (Lipinski definition) is 2. The first-order valence-electron chi connectivity index (χ1n) is 7.21. The lowest BCUT2D eigenvalue weighted by Crippen LogP contribution is -2.02. The molecule has 3 nitrogen and oxygen atoms in total. The van der Waals surface area contributed by atoms with Crippen LogP contribution in [0.3, 0.4) is 0 Å². The maximum absolute atomic E-state index is 11.3. The van der Waals surface area contributed by atoms with Crippen LogP contribution in [0.5, 0.6) is 0 Å². The zero-order valence-electron chi connectivity index (χ0n) is 11.7. The molecule has 0 bridgehead atoms. The number of allylic oxidation sites excluding steroid dienone is 1. The van der Waals surface area contributed by atoms with Gasteiger partial charge >= 0.3 is 0 Å². The van der Waals surface area contributed by atoms with Crippen LogP contribution in [0.15, 0.2) is 60.3 Å². The summed E-state index contributed by atoms with van der Waals surface area (Å²) in [5, 5.41) is 11.3. The van der Waals surface area contributed by atoms with Gasteiger partial charge in [-0.1, -0.05) is 54.6 Å². The summed E-state index contributed by atoms with van der Waals surface area (Å²) in [6.45, 7) is 0. The summed E-state index contributed by atoms with van der Waals surface area (Å²) in [5.41, 5.74) is 3.40. The van der Waals surface area contributed by atoms with E-state index in [1.165, 1.54) is 18.4 Å². The van der Waals surface area contributed by atoms with Crippen LogP contribution in [0.4, 0.5) is 0 Å². The van der Waals surface area contributed by atoms with Gasteiger partial charge in [-0.05, 0) is 35.4 Å². The summed E-state index contributed by atoms with van der Waals surface area (Å²) in [5.74, 6) is 0.659. The lowest BCUT2D eigenvalue weighted by molar-refractivity contribution is -0.425. The van der Waals surface area contributed by atoms with Crippen molar-refractivity contribution in [3.8, 4) is 0 Å². The Morgan fingerprint density at radius 1 is 1.14 bits per heavy atom. The first-order chi connectivity index (χ1) is 10.2. The molecule has 0 aromatic heterocycles. The van der Waals surface area contributed by atoms with Crippen LogP contribution in [-0.2, 0) is 6.42 Å². The van der Waals surface area contributed by atoms with Crippen molar-refractivity contribution in [3.05, 3.63) is 87.1 Å². The molecule has 0 heterocycles. The highest BCUT2D eigenvalue weighted by molar-refractivity contribution is 5.53. The second-order valence-electron chi connectivity index (χ2n) is 5.50. The summed E-state index contributed by atoms with van der Waals surface area (Å²) < 4.78 is 0. The highest BCUT2D eigenvalue weighted by Gasteiger charge is 2.23. The largest absolute Gasteiger partial charge is 0.259 e. The molecule has 3 rings (SSSR count). The van der Waals surface area contributed by atoms with Gasteiger partial charge in [0.25, 0.3) is 5.70 Å². The van der Waals surface area contributed by atoms with Crippen LogP contribution in [0.25, 0.3) is 6.08 Å². The SMILES string of the molecule is O=[N+]([O-])/C(=C/c1cccc(C2CC2)c1)Cc1ccccc1. The standard InChI is InChI=1S/C18H17NO2/c20-19(21)18(12-14-5-2-1-3-6-14)13-15-7-4-8-17(11-15)16-9-10-16/h1-8,11,13,16H,9-10,12H2/b18-13+. The summed E-state index contributed by atoms with van der Waals surface area (Å²) >= 11 is 0. The van der Waals surface area contributed by atoms with Gasteiger partial charge in [-0.15, -0.1) is 0 Å². The molecule has 1 aliphatic carbocycles. The van der Waals surface area contributed by atoms with Crippen LogP contribution >= 0.6 is 0 Å². The molecule has 0 saturated heterocycles. The van der Waals surface area contributed by atoms with E-state index >= 15 is 0 Å². The molecule has 0 aliphatic heterocycles. The average molecular weight is 279 g/mol. The lowest BCUT2D eigenvalue weighted by atomic mass is 10.0. The van der Waals surface area contributed by atoms with Gasteiger partial charge in [0.05, 0.1) is 11.3 Å². The van der Waals surface area contributed by atoms with E-state index in [0.29, 0.717) is 12.3 Å². The monoisotopic (exact) mass is 279 g/mol. The topological polar surface area (TPSA) is 43.1 Å². The third-order valence-corrected chi connectivity index (χ3v) is 3.76. The van der Waals surface area contributed by atoms with Gasteiger partial charge in [-0.3, -0.25) is 10.1 Å². The molecule has 3 heteroatoms. The second-order valence-corrected chi connectivity index (χ2v) is 5.50. The van der Waals surface area contributed by atoms with E-state index < -0.39 is 0 Å². The van der Waals surface area contributed by atoms with E-state index in [1.54, 1.807) is 6.08 Å². The number of benzene rings is 2. The summed E-state index contributed by atoms with van der Waals surface area (Å²) in [6.07, 6.45) is 4.51. The van der Waals surface area contributed by atoms with E-state index in [2.05, 4.69) is 12.1 Å². The van der Waals surface area contributed by atoms with Crippen molar-refractivity contribution in [1.29, 1.82) is 0 Å². The summed E-state index contributed by atoms with van der Waals surface area (Å²) in [4.78, 5) is 11.0. The van der Waals surface area contributed by atoms with Gasteiger partial charge in [-0.25, -0.2) is 0 Å². The highest BCUT2D eigenvalue weighted by Crippen LogP contribution is 2.40. The molecule has 0 amide bonds. The van der Waals surface area contributed by atoms with Crippen molar-refractivity contribution in [1.82, 2.24) is 0 Å². The van der Waals surface area contributed by atoms with Crippen LogP contribution in [0, 0.1) is 10.1 Å². The molecule has 0 N–H and O–H groups in total. The average Bonchev–Trinajstić information content (AvgIpc) is 3.32. The Morgan fingerprint density at radius 2 is 1.90 bits per heavy atom. The maximum Gasteiger partial charge on any atom is 0.251 e. The Balaban J connectivity index is 1.86. The van der Waals surface area contributed by atoms with E-state index in [1.807, 2.05) is 42.5 Å². The van der Waals surface area contributed by atoms with Gasteiger partial charge in [0, 0.05) is 6.08 Å². The number of rotatable bonds is 5. The third-order valence-electron chi connectivity index (χ3n) is 3.76. The Bertz CT molecular complexity index is 673. The fourth-order valence-electron chi connectivity index (χ4n) is 2.49. The molecule has 0 atom stereocenters. The quantitative estimate of drug-likeness (QED) is 0.600. The van der Waals surface area contributed by atoms with Gasteiger partial charge in [-0.2, -0.15) is 0 Å². The Hall–Kier alpha value is -2.42. The smallest absolute Gasteiger partial charge is 0.251 e. The minimum Gasteiger partial charge on any atom is -0.259 e. The number of nitrogens with zero attached hydrogens (tertiary/aromatic N) is 1. The molecule has 106 valence electrons. The molecule has 0 unspecified atom stereocenters. The minimum atomic E-state index is -0.281. The first kappa shape index (κ1) is 13.6. The number of nitro groups is 1. The fraction of sp³-hybridized carbons (Fsp3) is 0.222. The molecular formula is C18H17NO2. The minimum absolute atomic E-state index is 0.231. The predicted octanol–water partition coefficient (Wildman–Crippen LogP) is 4.42. The van der Waals surface area contributed by atoms with Crippen molar-refractivity contribution in [2.75, 3.05) is 0 Å². The molecule has 1 saturated carbocycles. The first-order valence-corrected chi connectivity index (χ1v) is 7.21. The van der Waals surface area contributed by atoms with Crippen LogP contribution in [0.1, 0.15) is 35.4 Å². The summed E-state index contributed by atoms with van der Waals surface area (Å²) in [7, 11) is 0. The molecule has 1 fully saturated rings. The van der Waals surface area contributed by atoms with E-state index in [4.69, 9.17) is 0 Å². The zero-order valence-corrected chi connectivity index (χ0v) is 11.7. The molecule has 0 spiro atoms. The highest BCUT2D eigenvalue weighted by atomic mass is 16.6. The van der Waals surface area contributed by atoms with Crippen LogP contribution < -0.4 is 0 Å². The Kier molecular flexibility index (Phi) is 3.82. The molecule has 2 aromatic rings. The third kappa shape index (κ3) is 3.57. The molecule has 0 radical (unpaired) electrons. The summed E-state index contributed by atoms with van der Waals surface area (Å²) in [6, 6.07) is 17.7. The van der Waals surface area contributed by atoms with Crippen molar-refractivity contribution < 1.29 is 4.92 Å². The van der Waals surface area contributed by atoms with Crippen molar-refractivity contribution in [2.45, 2.75) is 25.2 Å².